The van der Waals surface area contributed by atoms with Gasteiger partial charge in [-0.05, 0) is 30.7 Å². The topological polar surface area (TPSA) is 43.3 Å². The zero-order valence-corrected chi connectivity index (χ0v) is 12.9. The molecule has 1 amide bonds. The summed E-state index contributed by atoms with van der Waals surface area (Å²) in [7, 11) is 3.54. The Balaban J connectivity index is 1.97. The van der Waals surface area contributed by atoms with E-state index in [9.17, 15) is 4.79 Å². The Bertz CT molecular complexity index is 849. The Morgan fingerprint density at radius 2 is 1.95 bits per heavy atom. The number of aromatic nitrogens is 1. The number of hydrogen-bond donors (Lipinski definition) is 1. The van der Waals surface area contributed by atoms with Crippen LogP contribution in [-0.4, -0.2) is 17.6 Å². The molecule has 1 aromatic heterocycles. The van der Waals surface area contributed by atoms with Crippen molar-refractivity contribution in [1.82, 2.24) is 4.57 Å². The summed E-state index contributed by atoms with van der Waals surface area (Å²) in [5.41, 5.74) is 3.44. The fourth-order valence-corrected chi connectivity index (χ4v) is 2.61. The van der Waals surface area contributed by atoms with E-state index in [4.69, 9.17) is 4.74 Å². The maximum atomic E-state index is 12.6. The minimum atomic E-state index is -0.140. The molecule has 0 spiro atoms. The summed E-state index contributed by atoms with van der Waals surface area (Å²) in [6, 6.07) is 13.6. The average molecular weight is 294 g/mol. The lowest BCUT2D eigenvalue weighted by Crippen LogP contribution is -2.12. The summed E-state index contributed by atoms with van der Waals surface area (Å²) in [5, 5.41) is 3.87. The molecule has 0 aliphatic heterocycles. The van der Waals surface area contributed by atoms with Crippen LogP contribution in [0.1, 0.15) is 15.9 Å². The van der Waals surface area contributed by atoms with Gasteiger partial charge in [0.05, 0.1) is 18.4 Å². The number of para-hydroxylation sites is 1. The molecule has 3 rings (SSSR count). The lowest BCUT2D eigenvalue weighted by atomic mass is 10.1. The van der Waals surface area contributed by atoms with E-state index in [0.717, 1.165) is 16.5 Å². The van der Waals surface area contributed by atoms with Gasteiger partial charge in [0.25, 0.3) is 5.91 Å². The van der Waals surface area contributed by atoms with Gasteiger partial charge in [-0.15, -0.1) is 0 Å². The number of fused-ring (bicyclic) bond motifs is 1. The van der Waals surface area contributed by atoms with Gasteiger partial charge in [-0.2, -0.15) is 0 Å². The third-order valence-corrected chi connectivity index (χ3v) is 3.75. The molecule has 1 heterocycles. The van der Waals surface area contributed by atoms with Crippen molar-refractivity contribution in [2.24, 2.45) is 7.05 Å². The van der Waals surface area contributed by atoms with Gasteiger partial charge in [-0.3, -0.25) is 4.79 Å². The van der Waals surface area contributed by atoms with Crippen molar-refractivity contribution >= 4 is 22.5 Å². The highest BCUT2D eigenvalue weighted by Gasteiger charge is 2.15. The van der Waals surface area contributed by atoms with Crippen LogP contribution in [0.4, 0.5) is 5.69 Å². The number of ether oxygens (including phenoxy) is 1. The average Bonchev–Trinajstić information content (AvgIpc) is 2.87. The zero-order chi connectivity index (χ0) is 15.7. The van der Waals surface area contributed by atoms with E-state index in [-0.39, 0.29) is 5.91 Å². The summed E-state index contributed by atoms with van der Waals surface area (Å²) in [5.74, 6) is 0.521. The minimum absolute atomic E-state index is 0.140. The van der Waals surface area contributed by atoms with Crippen LogP contribution >= 0.6 is 0 Å². The Morgan fingerprint density at radius 3 is 2.73 bits per heavy atom. The van der Waals surface area contributed by atoms with Crippen molar-refractivity contribution in [2.45, 2.75) is 6.92 Å². The summed E-state index contributed by atoms with van der Waals surface area (Å²) < 4.78 is 7.29. The molecule has 3 aromatic rings. The van der Waals surface area contributed by atoms with Gasteiger partial charge in [0, 0.05) is 24.1 Å². The predicted molar refractivity (Wildman–Crippen MR) is 88.6 cm³/mol. The quantitative estimate of drug-likeness (QED) is 0.799. The number of rotatable bonds is 3. The van der Waals surface area contributed by atoms with E-state index in [0.29, 0.717) is 17.0 Å². The molecule has 0 saturated heterocycles. The standard InChI is InChI=1S/C18H18N2O2/c1-12-8-9-15(17(10-12)22-3)19-18(21)14-11-20(2)16-7-5-4-6-13(14)16/h4-11H,1-3H3,(H,19,21). The number of carbonyl (C=O) groups excluding carboxylic acids is 1. The third kappa shape index (κ3) is 2.44. The van der Waals surface area contributed by atoms with Gasteiger partial charge < -0.3 is 14.6 Å². The number of nitrogens with one attached hydrogen (secondary N) is 1. The second kappa shape index (κ2) is 5.56. The number of carbonyl (C=O) groups is 1. The Labute approximate surface area is 129 Å². The first-order valence-electron chi connectivity index (χ1n) is 7.10. The maximum Gasteiger partial charge on any atom is 0.257 e. The summed E-state index contributed by atoms with van der Waals surface area (Å²) in [6.07, 6.45) is 1.85. The Hall–Kier alpha value is -2.75. The second-order valence-corrected chi connectivity index (χ2v) is 5.33. The van der Waals surface area contributed by atoms with E-state index in [1.54, 1.807) is 7.11 Å². The molecule has 1 N–H and O–H groups in total. The van der Waals surface area contributed by atoms with Gasteiger partial charge in [0.1, 0.15) is 5.75 Å². The normalized spacial score (nSPS) is 10.7. The van der Waals surface area contributed by atoms with Gasteiger partial charge in [0.15, 0.2) is 0 Å². The van der Waals surface area contributed by atoms with Crippen molar-refractivity contribution in [2.75, 3.05) is 12.4 Å². The van der Waals surface area contributed by atoms with E-state index in [2.05, 4.69) is 5.32 Å². The zero-order valence-electron chi connectivity index (χ0n) is 12.9. The molecule has 4 nitrogen and oxygen atoms in total. The number of hydrogen-bond acceptors (Lipinski definition) is 2. The lowest BCUT2D eigenvalue weighted by Gasteiger charge is -2.10. The summed E-state index contributed by atoms with van der Waals surface area (Å²) in [6.45, 7) is 1.98. The number of anilines is 1. The van der Waals surface area contributed by atoms with Crippen molar-refractivity contribution in [3.63, 3.8) is 0 Å². The maximum absolute atomic E-state index is 12.6. The number of benzene rings is 2. The first-order chi connectivity index (χ1) is 10.6. The molecule has 2 aromatic carbocycles. The molecule has 0 saturated carbocycles. The smallest absolute Gasteiger partial charge is 0.257 e. The summed E-state index contributed by atoms with van der Waals surface area (Å²) in [4.78, 5) is 12.6. The monoisotopic (exact) mass is 294 g/mol. The predicted octanol–water partition coefficient (Wildman–Crippen LogP) is 3.75. The van der Waals surface area contributed by atoms with Crippen LogP contribution in [0.2, 0.25) is 0 Å². The van der Waals surface area contributed by atoms with Crippen LogP contribution in [-0.2, 0) is 7.05 Å². The Kier molecular flexibility index (Phi) is 3.59. The first-order valence-corrected chi connectivity index (χ1v) is 7.10. The molecule has 0 aliphatic rings. The fourth-order valence-electron chi connectivity index (χ4n) is 2.61. The molecule has 0 radical (unpaired) electrons. The Morgan fingerprint density at radius 1 is 1.18 bits per heavy atom. The molecular weight excluding hydrogens is 276 g/mol. The van der Waals surface area contributed by atoms with Crippen LogP contribution in [0.15, 0.2) is 48.7 Å². The number of methoxy groups -OCH3 is 1. The number of nitrogens with zero attached hydrogens (tertiary/aromatic N) is 1. The van der Waals surface area contributed by atoms with Crippen LogP contribution in [0.25, 0.3) is 10.9 Å². The number of amides is 1. The molecule has 0 fully saturated rings. The largest absolute Gasteiger partial charge is 0.495 e. The van der Waals surface area contributed by atoms with Crippen molar-refractivity contribution in [3.05, 3.63) is 59.8 Å². The van der Waals surface area contributed by atoms with Crippen LogP contribution < -0.4 is 10.1 Å². The SMILES string of the molecule is COc1cc(C)ccc1NC(=O)c1cn(C)c2ccccc12. The van der Waals surface area contributed by atoms with Gasteiger partial charge in [-0.25, -0.2) is 0 Å². The van der Waals surface area contributed by atoms with Crippen molar-refractivity contribution in [3.8, 4) is 5.75 Å². The molecule has 0 bridgehead atoms. The fraction of sp³-hybridized carbons (Fsp3) is 0.167. The molecule has 22 heavy (non-hydrogen) atoms. The summed E-state index contributed by atoms with van der Waals surface area (Å²) >= 11 is 0. The highest BCUT2D eigenvalue weighted by molar-refractivity contribution is 6.13. The molecule has 0 aliphatic carbocycles. The molecule has 0 unspecified atom stereocenters. The van der Waals surface area contributed by atoms with E-state index < -0.39 is 0 Å². The molecular formula is C18H18N2O2. The van der Waals surface area contributed by atoms with Crippen molar-refractivity contribution in [1.29, 1.82) is 0 Å². The van der Waals surface area contributed by atoms with E-state index in [1.807, 2.05) is 67.2 Å². The van der Waals surface area contributed by atoms with Crippen LogP contribution in [0, 0.1) is 6.92 Å². The highest BCUT2D eigenvalue weighted by atomic mass is 16.5. The molecule has 4 heteroatoms. The highest BCUT2D eigenvalue weighted by Crippen LogP contribution is 2.27. The second-order valence-electron chi connectivity index (χ2n) is 5.33. The third-order valence-electron chi connectivity index (χ3n) is 3.75. The van der Waals surface area contributed by atoms with Gasteiger partial charge in [0.2, 0.25) is 0 Å². The first kappa shape index (κ1) is 14.2. The van der Waals surface area contributed by atoms with E-state index in [1.165, 1.54) is 0 Å². The van der Waals surface area contributed by atoms with Crippen molar-refractivity contribution < 1.29 is 9.53 Å². The molecule has 112 valence electrons. The van der Waals surface area contributed by atoms with Gasteiger partial charge in [-0.1, -0.05) is 24.3 Å². The molecule has 0 atom stereocenters. The van der Waals surface area contributed by atoms with Crippen LogP contribution in [0.3, 0.4) is 0 Å². The van der Waals surface area contributed by atoms with Crippen LogP contribution in [0.5, 0.6) is 5.75 Å². The minimum Gasteiger partial charge on any atom is -0.495 e. The van der Waals surface area contributed by atoms with E-state index >= 15 is 0 Å². The lowest BCUT2D eigenvalue weighted by molar-refractivity contribution is 0.102. The number of aryl methyl sites for hydroxylation is 2. The van der Waals surface area contributed by atoms with Gasteiger partial charge >= 0.3 is 0 Å².